The number of anilines is 2. The van der Waals surface area contributed by atoms with Crippen LogP contribution in [0.5, 0.6) is 11.6 Å². The van der Waals surface area contributed by atoms with Gasteiger partial charge in [-0.05, 0) is 18.2 Å². The first-order valence-corrected chi connectivity index (χ1v) is 7.49. The molecule has 1 aliphatic rings. The van der Waals surface area contributed by atoms with Crippen molar-refractivity contribution in [1.29, 1.82) is 0 Å². The monoisotopic (exact) mass is 327 g/mol. The summed E-state index contributed by atoms with van der Waals surface area (Å²) in [6.45, 7) is 0.273. The number of fused-ring (bicyclic) bond motifs is 1. The molecule has 0 fully saturated rings. The molecule has 0 saturated heterocycles. The van der Waals surface area contributed by atoms with Gasteiger partial charge in [-0.3, -0.25) is 9.59 Å². The van der Waals surface area contributed by atoms with E-state index in [4.69, 9.17) is 9.47 Å². The third kappa shape index (κ3) is 3.45. The van der Waals surface area contributed by atoms with Gasteiger partial charge in [-0.25, -0.2) is 4.98 Å². The number of para-hydroxylation sites is 2. The number of nitrogens with one attached hydrogen (secondary N) is 1. The molecule has 0 atom stereocenters. The van der Waals surface area contributed by atoms with Crippen LogP contribution in [0.3, 0.4) is 0 Å². The van der Waals surface area contributed by atoms with Crippen LogP contribution in [0.15, 0.2) is 42.6 Å². The van der Waals surface area contributed by atoms with Crippen LogP contribution in [0.2, 0.25) is 0 Å². The first-order valence-electron chi connectivity index (χ1n) is 7.49. The normalized spacial score (nSPS) is 13.0. The Morgan fingerprint density at radius 2 is 2.17 bits per heavy atom. The van der Waals surface area contributed by atoms with Crippen LogP contribution in [-0.4, -0.2) is 37.1 Å². The maximum Gasteiger partial charge on any atom is 0.265 e. The molecule has 0 aliphatic carbocycles. The van der Waals surface area contributed by atoms with Crippen molar-refractivity contribution in [2.75, 3.05) is 30.5 Å². The van der Waals surface area contributed by atoms with Gasteiger partial charge < -0.3 is 19.7 Å². The lowest BCUT2D eigenvalue weighted by atomic mass is 10.2. The fraction of sp³-hybridized carbons (Fsp3) is 0.235. The van der Waals surface area contributed by atoms with Gasteiger partial charge in [0, 0.05) is 19.0 Å². The number of ether oxygens (including phenoxy) is 2. The molecule has 0 radical (unpaired) electrons. The summed E-state index contributed by atoms with van der Waals surface area (Å²) in [6, 6.07) is 10.7. The zero-order chi connectivity index (χ0) is 16.9. The predicted molar refractivity (Wildman–Crippen MR) is 88.3 cm³/mol. The highest BCUT2D eigenvalue weighted by molar-refractivity contribution is 5.99. The van der Waals surface area contributed by atoms with Crippen molar-refractivity contribution in [2.24, 2.45) is 0 Å². The van der Waals surface area contributed by atoms with Crippen molar-refractivity contribution in [3.8, 4) is 11.6 Å². The molecule has 0 unspecified atom stereocenters. The Hall–Kier alpha value is -3.09. The Morgan fingerprint density at radius 1 is 1.33 bits per heavy atom. The van der Waals surface area contributed by atoms with Gasteiger partial charge in [-0.15, -0.1) is 0 Å². The Labute approximate surface area is 139 Å². The van der Waals surface area contributed by atoms with Crippen LogP contribution in [0.4, 0.5) is 11.4 Å². The molecule has 7 nitrogen and oxygen atoms in total. The molecule has 124 valence electrons. The average Bonchev–Trinajstić information content (AvgIpc) is 2.61. The molecular weight excluding hydrogens is 310 g/mol. The molecule has 2 amide bonds. The summed E-state index contributed by atoms with van der Waals surface area (Å²) in [5, 5.41) is 2.75. The van der Waals surface area contributed by atoms with Crippen LogP contribution in [0.1, 0.15) is 6.42 Å². The van der Waals surface area contributed by atoms with E-state index in [1.54, 1.807) is 29.2 Å². The van der Waals surface area contributed by atoms with Crippen LogP contribution in [0.25, 0.3) is 0 Å². The predicted octanol–water partition coefficient (Wildman–Crippen LogP) is 1.84. The van der Waals surface area contributed by atoms with Gasteiger partial charge >= 0.3 is 0 Å². The van der Waals surface area contributed by atoms with E-state index in [1.807, 2.05) is 12.1 Å². The number of rotatable bonds is 5. The summed E-state index contributed by atoms with van der Waals surface area (Å²) in [7, 11) is 1.53. The highest BCUT2D eigenvalue weighted by atomic mass is 16.5. The van der Waals surface area contributed by atoms with Crippen molar-refractivity contribution >= 4 is 23.2 Å². The molecule has 2 heterocycles. The quantitative estimate of drug-likeness (QED) is 0.906. The number of benzene rings is 1. The molecule has 1 aliphatic heterocycles. The lowest BCUT2D eigenvalue weighted by molar-refractivity contribution is -0.121. The highest BCUT2D eigenvalue weighted by Gasteiger charge is 2.25. The molecule has 0 bridgehead atoms. The van der Waals surface area contributed by atoms with E-state index in [2.05, 4.69) is 10.3 Å². The molecule has 1 aromatic carbocycles. The molecule has 7 heteroatoms. The maximum absolute atomic E-state index is 12.1. The number of aromatic nitrogens is 1. The van der Waals surface area contributed by atoms with E-state index in [-0.39, 0.29) is 31.4 Å². The second-order valence-electron chi connectivity index (χ2n) is 5.19. The molecule has 0 spiro atoms. The van der Waals surface area contributed by atoms with Gasteiger partial charge in [-0.2, -0.15) is 0 Å². The van der Waals surface area contributed by atoms with E-state index in [0.717, 1.165) is 0 Å². The first kappa shape index (κ1) is 15.8. The number of carbonyl (C=O) groups excluding carboxylic acids is 2. The van der Waals surface area contributed by atoms with Crippen LogP contribution < -0.4 is 19.7 Å². The molecule has 0 saturated carbocycles. The minimum Gasteiger partial charge on any atom is -0.482 e. The molecule has 1 aromatic heterocycles. The lowest BCUT2D eigenvalue weighted by Crippen LogP contribution is -2.40. The van der Waals surface area contributed by atoms with Crippen molar-refractivity contribution in [2.45, 2.75) is 6.42 Å². The summed E-state index contributed by atoms with van der Waals surface area (Å²) >= 11 is 0. The van der Waals surface area contributed by atoms with Gasteiger partial charge in [0.2, 0.25) is 11.8 Å². The molecule has 2 aromatic rings. The maximum atomic E-state index is 12.1. The number of nitrogens with zero attached hydrogens (tertiary/aromatic N) is 2. The van der Waals surface area contributed by atoms with E-state index >= 15 is 0 Å². The summed E-state index contributed by atoms with van der Waals surface area (Å²) in [5.74, 6) is 0.770. The van der Waals surface area contributed by atoms with Crippen molar-refractivity contribution in [3.63, 3.8) is 0 Å². The Morgan fingerprint density at radius 3 is 2.92 bits per heavy atom. The summed E-state index contributed by atoms with van der Waals surface area (Å²) in [5.41, 5.74) is 1.27. The van der Waals surface area contributed by atoms with E-state index in [1.165, 1.54) is 13.3 Å². The standard InChI is InChI=1S/C17H17N3O4/c1-23-16-7-6-12(10-18-16)19-15(21)8-9-20-13-4-2-3-5-14(13)24-11-17(20)22/h2-7,10H,8-9,11H2,1H3,(H,19,21). The summed E-state index contributed by atoms with van der Waals surface area (Å²) < 4.78 is 10.3. The Kier molecular flexibility index (Phi) is 4.60. The smallest absolute Gasteiger partial charge is 0.265 e. The second kappa shape index (κ2) is 6.99. The molecule has 1 N–H and O–H groups in total. The number of carbonyl (C=O) groups is 2. The minimum absolute atomic E-state index is 0.0129. The summed E-state index contributed by atoms with van der Waals surface area (Å²) in [6.07, 6.45) is 1.69. The van der Waals surface area contributed by atoms with E-state index < -0.39 is 0 Å². The number of hydrogen-bond donors (Lipinski definition) is 1. The van der Waals surface area contributed by atoms with Crippen molar-refractivity contribution in [1.82, 2.24) is 4.98 Å². The SMILES string of the molecule is COc1ccc(NC(=O)CCN2C(=O)COc3ccccc32)cn1. The number of amides is 2. The molecule has 3 rings (SSSR count). The van der Waals surface area contributed by atoms with Gasteiger partial charge in [-0.1, -0.05) is 12.1 Å². The Balaban J connectivity index is 1.60. The van der Waals surface area contributed by atoms with Crippen LogP contribution >= 0.6 is 0 Å². The number of pyridine rings is 1. The molecule has 24 heavy (non-hydrogen) atoms. The zero-order valence-corrected chi connectivity index (χ0v) is 13.2. The first-order chi connectivity index (χ1) is 11.7. The average molecular weight is 327 g/mol. The number of methoxy groups -OCH3 is 1. The fourth-order valence-corrected chi connectivity index (χ4v) is 2.41. The van der Waals surface area contributed by atoms with Crippen molar-refractivity contribution in [3.05, 3.63) is 42.6 Å². The Bertz CT molecular complexity index is 746. The van der Waals surface area contributed by atoms with Gasteiger partial charge in [0.05, 0.1) is 24.7 Å². The largest absolute Gasteiger partial charge is 0.482 e. The van der Waals surface area contributed by atoms with Gasteiger partial charge in [0.15, 0.2) is 6.61 Å². The highest BCUT2D eigenvalue weighted by Crippen LogP contribution is 2.31. The second-order valence-corrected chi connectivity index (χ2v) is 5.19. The van der Waals surface area contributed by atoms with Gasteiger partial charge in [0.1, 0.15) is 5.75 Å². The third-order valence-electron chi connectivity index (χ3n) is 3.60. The zero-order valence-electron chi connectivity index (χ0n) is 13.2. The van der Waals surface area contributed by atoms with Gasteiger partial charge in [0.25, 0.3) is 5.91 Å². The minimum atomic E-state index is -0.196. The van der Waals surface area contributed by atoms with Crippen molar-refractivity contribution < 1.29 is 19.1 Å². The molecular formula is C17H17N3O4. The summed E-state index contributed by atoms with van der Waals surface area (Å²) in [4.78, 5) is 29.7. The topological polar surface area (TPSA) is 80.8 Å². The fourth-order valence-electron chi connectivity index (χ4n) is 2.41. The van der Waals surface area contributed by atoms with E-state index in [9.17, 15) is 9.59 Å². The van der Waals surface area contributed by atoms with Crippen LogP contribution in [0, 0.1) is 0 Å². The van der Waals surface area contributed by atoms with E-state index in [0.29, 0.717) is 23.0 Å². The lowest BCUT2D eigenvalue weighted by Gasteiger charge is -2.29. The number of hydrogen-bond acceptors (Lipinski definition) is 5. The third-order valence-corrected chi connectivity index (χ3v) is 3.60. The van der Waals surface area contributed by atoms with Crippen LogP contribution in [-0.2, 0) is 9.59 Å².